The molecule has 188 valence electrons. The van der Waals surface area contributed by atoms with Crippen molar-refractivity contribution >= 4 is 40.7 Å². The summed E-state index contributed by atoms with van der Waals surface area (Å²) in [4.78, 5) is 44.7. The Bertz CT molecular complexity index is 1640. The van der Waals surface area contributed by atoms with E-state index >= 15 is 0 Å². The Labute approximate surface area is 215 Å². The van der Waals surface area contributed by atoms with Crippen LogP contribution in [0.15, 0.2) is 80.8 Å². The fourth-order valence-corrected chi connectivity index (χ4v) is 5.50. The summed E-state index contributed by atoms with van der Waals surface area (Å²) in [6, 6.07) is 13.8. The van der Waals surface area contributed by atoms with E-state index in [-0.39, 0.29) is 18.1 Å². The fraction of sp³-hybridized carbons (Fsp3) is 0.222. The molecule has 0 unspecified atom stereocenters. The molecule has 0 saturated heterocycles. The molecule has 1 aromatic heterocycles. The highest BCUT2D eigenvalue weighted by Gasteiger charge is 2.35. The second-order valence-electron chi connectivity index (χ2n) is 8.58. The molecule has 37 heavy (non-hydrogen) atoms. The van der Waals surface area contributed by atoms with Crippen molar-refractivity contribution in [3.05, 3.63) is 96.9 Å². The lowest BCUT2D eigenvalue weighted by molar-refractivity contribution is -0.139. The zero-order chi connectivity index (χ0) is 26.3. The first-order valence-electron chi connectivity index (χ1n) is 11.7. The molecule has 2 aliphatic heterocycles. The summed E-state index contributed by atoms with van der Waals surface area (Å²) < 4.78 is 20.7. The number of allylic oxidation sites excluding steroid dienone is 1. The number of ether oxygens (including phenoxy) is 1. The van der Waals surface area contributed by atoms with Crippen LogP contribution in [0.5, 0.6) is 0 Å². The Balaban J connectivity index is 1.63. The van der Waals surface area contributed by atoms with Gasteiger partial charge in [0.15, 0.2) is 4.80 Å². The number of amides is 1. The highest BCUT2D eigenvalue weighted by molar-refractivity contribution is 7.07. The molecule has 0 spiro atoms. The van der Waals surface area contributed by atoms with Crippen LogP contribution in [0.4, 0.5) is 10.1 Å². The quantitative estimate of drug-likeness (QED) is 0.486. The van der Waals surface area contributed by atoms with Gasteiger partial charge in [-0.3, -0.25) is 14.2 Å². The van der Waals surface area contributed by atoms with Crippen LogP contribution in [0.25, 0.3) is 6.08 Å². The molecule has 2 aliphatic rings. The number of esters is 1. The van der Waals surface area contributed by atoms with Crippen LogP contribution >= 0.6 is 11.3 Å². The van der Waals surface area contributed by atoms with Crippen molar-refractivity contribution in [2.24, 2.45) is 16.0 Å². The number of carbonyl (C=O) groups excluding carboxylic acids is 2. The van der Waals surface area contributed by atoms with E-state index in [0.717, 1.165) is 11.3 Å². The molecule has 0 radical (unpaired) electrons. The fourth-order valence-electron chi connectivity index (χ4n) is 4.44. The second-order valence-corrected chi connectivity index (χ2v) is 9.59. The van der Waals surface area contributed by atoms with E-state index in [2.05, 4.69) is 10.1 Å². The van der Waals surface area contributed by atoms with Crippen molar-refractivity contribution in [3.63, 3.8) is 0 Å². The van der Waals surface area contributed by atoms with Crippen molar-refractivity contribution in [3.8, 4) is 0 Å². The summed E-state index contributed by atoms with van der Waals surface area (Å²) in [5.41, 5.74) is 1.93. The number of aromatic nitrogens is 1. The predicted molar refractivity (Wildman–Crippen MR) is 138 cm³/mol. The number of hydrazone groups is 1. The number of fused-ring (bicyclic) bond motifs is 1. The maximum atomic E-state index is 13.7. The lowest BCUT2D eigenvalue weighted by atomic mass is 9.96. The molecular weight excluding hydrogens is 495 g/mol. The summed E-state index contributed by atoms with van der Waals surface area (Å²) in [5.74, 6) is -2.03. The van der Waals surface area contributed by atoms with Gasteiger partial charge in [0, 0.05) is 0 Å². The van der Waals surface area contributed by atoms with E-state index in [4.69, 9.17) is 4.74 Å². The van der Waals surface area contributed by atoms with Crippen molar-refractivity contribution in [2.75, 3.05) is 11.6 Å². The number of halogens is 1. The second kappa shape index (κ2) is 9.70. The number of para-hydroxylation sites is 1. The molecule has 0 saturated carbocycles. The first-order chi connectivity index (χ1) is 17.8. The van der Waals surface area contributed by atoms with E-state index in [9.17, 15) is 18.8 Å². The number of hydrogen-bond acceptors (Lipinski definition) is 7. The van der Waals surface area contributed by atoms with Crippen molar-refractivity contribution < 1.29 is 18.7 Å². The molecule has 2 atom stereocenters. The number of anilines is 1. The Morgan fingerprint density at radius 1 is 1.11 bits per heavy atom. The molecule has 1 amide bonds. The Morgan fingerprint density at radius 3 is 2.49 bits per heavy atom. The molecule has 0 aliphatic carbocycles. The summed E-state index contributed by atoms with van der Waals surface area (Å²) in [7, 11) is 0. The number of nitrogens with zero attached hydrogens (tertiary/aromatic N) is 4. The van der Waals surface area contributed by atoms with Gasteiger partial charge in [-0.1, -0.05) is 41.7 Å². The average Bonchev–Trinajstić information content (AvgIpc) is 3.34. The van der Waals surface area contributed by atoms with Crippen molar-refractivity contribution in [1.82, 2.24) is 4.57 Å². The predicted octanol–water partition coefficient (Wildman–Crippen LogP) is 2.93. The zero-order valence-corrected chi connectivity index (χ0v) is 21.2. The molecule has 3 heterocycles. The highest BCUT2D eigenvalue weighted by atomic mass is 32.1. The van der Waals surface area contributed by atoms with E-state index < -0.39 is 29.3 Å². The van der Waals surface area contributed by atoms with Crippen LogP contribution in [-0.2, 0) is 14.3 Å². The lowest BCUT2D eigenvalue weighted by Crippen LogP contribution is -2.40. The first kappa shape index (κ1) is 24.5. The number of carbonyl (C=O) groups is 2. The molecule has 8 nitrogen and oxygen atoms in total. The van der Waals surface area contributed by atoms with Crippen LogP contribution in [0, 0.1) is 11.7 Å². The monoisotopic (exact) mass is 518 g/mol. The minimum atomic E-state index is -0.854. The van der Waals surface area contributed by atoms with Gasteiger partial charge in [-0.05, 0) is 56.7 Å². The summed E-state index contributed by atoms with van der Waals surface area (Å²) in [6.45, 7) is 5.26. The molecule has 10 heteroatoms. The molecule has 0 bridgehead atoms. The normalized spacial score (nSPS) is 19.6. The van der Waals surface area contributed by atoms with Crippen molar-refractivity contribution in [1.29, 1.82) is 0 Å². The van der Waals surface area contributed by atoms with E-state index in [1.807, 2.05) is 18.2 Å². The van der Waals surface area contributed by atoms with Crippen LogP contribution < -0.4 is 19.9 Å². The Hall–Kier alpha value is -4.18. The van der Waals surface area contributed by atoms with Crippen LogP contribution in [-0.4, -0.2) is 28.8 Å². The van der Waals surface area contributed by atoms with Gasteiger partial charge in [-0.2, -0.15) is 10.1 Å². The Morgan fingerprint density at radius 2 is 1.81 bits per heavy atom. The minimum absolute atomic E-state index is 0.149. The molecule has 0 N–H and O–H groups in total. The standard InChI is InChI=1S/C27H23FN4O4S/c1-4-36-26(35)22-16(3)29-27-31(23(22)17-10-12-18(28)13-11-17)25(34)21(37-27)14-20-15(2)30-32(24(20)33)19-8-6-5-7-9-19/h5-14,20,23H,4H2,1-3H3/b21-14+/t20-,23-/m1/s1. The van der Waals surface area contributed by atoms with Gasteiger partial charge in [0.05, 0.1) is 39.9 Å². The molecule has 2 aromatic carbocycles. The van der Waals surface area contributed by atoms with Crippen molar-refractivity contribution in [2.45, 2.75) is 26.8 Å². The van der Waals surface area contributed by atoms with Crippen LogP contribution in [0.1, 0.15) is 32.4 Å². The summed E-state index contributed by atoms with van der Waals surface area (Å²) >= 11 is 1.12. The third kappa shape index (κ3) is 4.33. The zero-order valence-electron chi connectivity index (χ0n) is 20.3. The number of benzene rings is 2. The summed E-state index contributed by atoms with van der Waals surface area (Å²) in [6.07, 6.45) is 1.60. The third-order valence-corrected chi connectivity index (χ3v) is 7.21. The minimum Gasteiger partial charge on any atom is -0.463 e. The van der Waals surface area contributed by atoms with Gasteiger partial charge in [-0.15, -0.1) is 0 Å². The molecule has 5 rings (SSSR count). The maximum absolute atomic E-state index is 13.7. The largest absolute Gasteiger partial charge is 0.463 e. The topological polar surface area (TPSA) is 93.3 Å². The van der Waals surface area contributed by atoms with Crippen LogP contribution in [0.2, 0.25) is 0 Å². The third-order valence-electron chi connectivity index (χ3n) is 6.20. The maximum Gasteiger partial charge on any atom is 0.338 e. The smallest absolute Gasteiger partial charge is 0.338 e. The number of hydrogen-bond donors (Lipinski definition) is 0. The molecule has 3 aromatic rings. The van der Waals surface area contributed by atoms with Crippen LogP contribution in [0.3, 0.4) is 0 Å². The van der Waals surface area contributed by atoms with E-state index in [0.29, 0.717) is 32.0 Å². The van der Waals surface area contributed by atoms with E-state index in [1.54, 1.807) is 39.0 Å². The summed E-state index contributed by atoms with van der Waals surface area (Å²) in [5, 5.41) is 5.74. The van der Waals surface area contributed by atoms with Gasteiger partial charge in [0.25, 0.3) is 11.5 Å². The van der Waals surface area contributed by atoms with E-state index in [1.165, 1.54) is 33.8 Å². The number of rotatable bonds is 5. The average molecular weight is 519 g/mol. The lowest BCUT2D eigenvalue weighted by Gasteiger charge is -2.24. The van der Waals surface area contributed by atoms with Gasteiger partial charge in [-0.25, -0.2) is 14.2 Å². The number of thiazole rings is 1. The molecular formula is C27H23FN4O4S. The molecule has 0 fully saturated rings. The first-order valence-corrected chi connectivity index (χ1v) is 12.5. The van der Waals surface area contributed by atoms with Gasteiger partial charge >= 0.3 is 5.97 Å². The highest BCUT2D eigenvalue weighted by Crippen LogP contribution is 2.31. The van der Waals surface area contributed by atoms with Gasteiger partial charge < -0.3 is 4.74 Å². The van der Waals surface area contributed by atoms with Gasteiger partial charge in [0.1, 0.15) is 11.7 Å². The Kier molecular flexibility index (Phi) is 6.43. The SMILES string of the molecule is CCOC(=O)C1=C(C)N=c2s/c(=C/[C@H]3C(=O)N(c4ccccc4)N=C3C)c(=O)n2[C@@H]1c1ccc(F)cc1. The van der Waals surface area contributed by atoms with Gasteiger partial charge in [0.2, 0.25) is 0 Å².